The van der Waals surface area contributed by atoms with Crippen molar-refractivity contribution in [2.24, 2.45) is 0 Å². The fourth-order valence-corrected chi connectivity index (χ4v) is 2.35. The summed E-state index contributed by atoms with van der Waals surface area (Å²) >= 11 is 0. The van der Waals surface area contributed by atoms with Gasteiger partial charge in [0.2, 0.25) is 0 Å². The molecule has 2 rings (SSSR count). The molecule has 1 aromatic carbocycles. The number of hydrogen-bond donors (Lipinski definition) is 1. The van der Waals surface area contributed by atoms with E-state index in [0.717, 1.165) is 19.0 Å². The Kier molecular flexibility index (Phi) is 4.79. The van der Waals surface area contributed by atoms with Crippen molar-refractivity contribution < 1.29 is 4.74 Å². The van der Waals surface area contributed by atoms with Crippen molar-refractivity contribution in [3.63, 3.8) is 0 Å². The van der Waals surface area contributed by atoms with Crippen LogP contribution in [0.25, 0.3) is 0 Å². The number of hydrogen-bond acceptors (Lipinski definition) is 2. The lowest BCUT2D eigenvalue weighted by Crippen LogP contribution is -2.26. The number of ether oxygens (including phenoxy) is 1. The Balaban J connectivity index is 2.01. The largest absolute Gasteiger partial charge is 0.382 e. The third kappa shape index (κ3) is 4.11. The summed E-state index contributed by atoms with van der Waals surface area (Å²) in [5, 5.41) is 3.65. The first-order valence-electron chi connectivity index (χ1n) is 7.01. The van der Waals surface area contributed by atoms with Gasteiger partial charge in [-0.25, -0.2) is 0 Å². The van der Waals surface area contributed by atoms with E-state index in [-0.39, 0.29) is 0 Å². The lowest BCUT2D eigenvalue weighted by atomic mass is 9.92. The smallest absolute Gasteiger partial charge is 0.0549 e. The summed E-state index contributed by atoms with van der Waals surface area (Å²) in [7, 11) is 1.80. The highest BCUT2D eigenvalue weighted by Gasteiger charge is 2.23. The maximum Gasteiger partial charge on any atom is 0.0549 e. The zero-order chi connectivity index (χ0) is 13.0. The van der Waals surface area contributed by atoms with E-state index >= 15 is 0 Å². The molecule has 0 aromatic heterocycles. The van der Waals surface area contributed by atoms with Gasteiger partial charge in [-0.05, 0) is 44.6 Å². The van der Waals surface area contributed by atoms with Crippen molar-refractivity contribution in [1.82, 2.24) is 5.32 Å². The van der Waals surface area contributed by atoms with Gasteiger partial charge in [0.1, 0.15) is 0 Å². The molecule has 0 spiro atoms. The van der Waals surface area contributed by atoms with E-state index in [1.54, 1.807) is 7.11 Å². The molecule has 0 bridgehead atoms. The van der Waals surface area contributed by atoms with Gasteiger partial charge in [0.25, 0.3) is 0 Å². The molecule has 0 aliphatic heterocycles. The van der Waals surface area contributed by atoms with E-state index in [1.807, 2.05) is 0 Å². The van der Waals surface area contributed by atoms with Gasteiger partial charge in [-0.15, -0.1) is 0 Å². The lowest BCUT2D eigenvalue weighted by Gasteiger charge is -2.21. The molecule has 1 saturated carbocycles. The van der Waals surface area contributed by atoms with Crippen molar-refractivity contribution in [2.45, 2.75) is 51.2 Å². The van der Waals surface area contributed by atoms with Gasteiger partial charge in [-0.1, -0.05) is 29.8 Å². The Hall–Kier alpha value is -0.860. The van der Waals surface area contributed by atoms with Crippen LogP contribution in [0.5, 0.6) is 0 Å². The van der Waals surface area contributed by atoms with Crippen molar-refractivity contribution in [1.29, 1.82) is 0 Å². The van der Waals surface area contributed by atoms with Crippen LogP contribution in [0, 0.1) is 6.92 Å². The number of benzene rings is 1. The Morgan fingerprint density at radius 3 is 2.78 bits per heavy atom. The molecule has 1 aromatic rings. The van der Waals surface area contributed by atoms with Crippen molar-refractivity contribution >= 4 is 0 Å². The molecule has 0 amide bonds. The van der Waals surface area contributed by atoms with E-state index in [4.69, 9.17) is 4.74 Å². The Labute approximate surface area is 111 Å². The molecule has 2 atom stereocenters. The van der Waals surface area contributed by atoms with Crippen LogP contribution < -0.4 is 5.32 Å². The Morgan fingerprint density at radius 1 is 1.39 bits per heavy atom. The fourth-order valence-electron chi connectivity index (χ4n) is 2.35. The highest BCUT2D eigenvalue weighted by Crippen LogP contribution is 2.25. The van der Waals surface area contributed by atoms with E-state index in [0.29, 0.717) is 12.0 Å². The quantitative estimate of drug-likeness (QED) is 0.798. The van der Waals surface area contributed by atoms with Gasteiger partial charge in [-0.2, -0.15) is 0 Å². The average molecular weight is 247 g/mol. The number of rotatable bonds is 7. The summed E-state index contributed by atoms with van der Waals surface area (Å²) in [6.07, 6.45) is 4.09. The standard InChI is InChI=1S/C16H25NO/c1-12-5-4-6-14(9-12)15(10-13(2)18-3)11-17-16-7-8-16/h4-6,9,13,15-17H,7-8,10-11H2,1-3H3. The first kappa shape index (κ1) is 13.6. The second-order valence-electron chi connectivity index (χ2n) is 5.58. The first-order chi connectivity index (χ1) is 8.69. The Bertz CT molecular complexity index is 373. The van der Waals surface area contributed by atoms with Crippen molar-refractivity contribution in [3.05, 3.63) is 35.4 Å². The van der Waals surface area contributed by atoms with E-state index in [1.165, 1.54) is 24.0 Å². The molecule has 2 nitrogen and oxygen atoms in total. The maximum absolute atomic E-state index is 5.43. The third-order valence-corrected chi connectivity index (χ3v) is 3.76. The zero-order valence-electron chi connectivity index (χ0n) is 11.8. The predicted octanol–water partition coefficient (Wildman–Crippen LogP) is 3.26. The van der Waals surface area contributed by atoms with Crippen LogP contribution in [0.2, 0.25) is 0 Å². The van der Waals surface area contributed by atoms with Gasteiger partial charge >= 0.3 is 0 Å². The van der Waals surface area contributed by atoms with Gasteiger partial charge in [-0.3, -0.25) is 0 Å². The summed E-state index contributed by atoms with van der Waals surface area (Å²) in [5.74, 6) is 0.556. The van der Waals surface area contributed by atoms with Gasteiger partial charge in [0.15, 0.2) is 0 Å². The molecule has 1 N–H and O–H groups in total. The van der Waals surface area contributed by atoms with E-state index in [9.17, 15) is 0 Å². The van der Waals surface area contributed by atoms with E-state index < -0.39 is 0 Å². The summed E-state index contributed by atoms with van der Waals surface area (Å²) in [6, 6.07) is 9.65. The summed E-state index contributed by atoms with van der Waals surface area (Å²) in [5.41, 5.74) is 2.78. The summed E-state index contributed by atoms with van der Waals surface area (Å²) in [4.78, 5) is 0. The molecule has 1 aliphatic rings. The molecule has 0 radical (unpaired) electrons. The number of aryl methyl sites for hydroxylation is 1. The molecule has 0 heterocycles. The molecular weight excluding hydrogens is 222 g/mol. The van der Waals surface area contributed by atoms with Gasteiger partial charge in [0.05, 0.1) is 6.10 Å². The van der Waals surface area contributed by atoms with Gasteiger partial charge in [0, 0.05) is 19.7 Å². The van der Waals surface area contributed by atoms with Crippen LogP contribution in [0.15, 0.2) is 24.3 Å². The second-order valence-corrected chi connectivity index (χ2v) is 5.58. The van der Waals surface area contributed by atoms with Crippen molar-refractivity contribution in [2.75, 3.05) is 13.7 Å². The minimum atomic E-state index is 0.316. The van der Waals surface area contributed by atoms with Crippen LogP contribution in [-0.2, 0) is 4.74 Å². The third-order valence-electron chi connectivity index (χ3n) is 3.76. The molecule has 1 fully saturated rings. The minimum Gasteiger partial charge on any atom is -0.382 e. The first-order valence-corrected chi connectivity index (χ1v) is 7.01. The minimum absolute atomic E-state index is 0.316. The molecule has 100 valence electrons. The highest BCUT2D eigenvalue weighted by atomic mass is 16.5. The van der Waals surface area contributed by atoms with Crippen LogP contribution >= 0.6 is 0 Å². The second kappa shape index (κ2) is 6.35. The highest BCUT2D eigenvalue weighted by molar-refractivity contribution is 5.26. The molecule has 1 aliphatic carbocycles. The fraction of sp³-hybridized carbons (Fsp3) is 0.625. The topological polar surface area (TPSA) is 21.3 Å². The normalized spacial score (nSPS) is 18.6. The van der Waals surface area contributed by atoms with E-state index in [2.05, 4.69) is 43.4 Å². The van der Waals surface area contributed by atoms with Crippen LogP contribution in [-0.4, -0.2) is 25.8 Å². The lowest BCUT2D eigenvalue weighted by molar-refractivity contribution is 0.104. The number of methoxy groups -OCH3 is 1. The number of nitrogens with one attached hydrogen (secondary N) is 1. The average Bonchev–Trinajstić information content (AvgIpc) is 3.18. The monoisotopic (exact) mass is 247 g/mol. The maximum atomic E-state index is 5.43. The molecule has 0 saturated heterocycles. The molecular formula is C16H25NO. The molecule has 2 heteroatoms. The summed E-state index contributed by atoms with van der Waals surface area (Å²) in [6.45, 7) is 5.39. The Morgan fingerprint density at radius 2 is 2.17 bits per heavy atom. The van der Waals surface area contributed by atoms with Crippen LogP contribution in [0.1, 0.15) is 43.2 Å². The molecule has 2 unspecified atom stereocenters. The predicted molar refractivity (Wildman–Crippen MR) is 76.0 cm³/mol. The van der Waals surface area contributed by atoms with Crippen LogP contribution in [0.3, 0.4) is 0 Å². The summed E-state index contributed by atoms with van der Waals surface area (Å²) < 4.78 is 5.43. The SMILES string of the molecule is COC(C)CC(CNC1CC1)c1cccc(C)c1. The van der Waals surface area contributed by atoms with Crippen LogP contribution in [0.4, 0.5) is 0 Å². The zero-order valence-corrected chi connectivity index (χ0v) is 11.8. The van der Waals surface area contributed by atoms with Crippen molar-refractivity contribution in [3.8, 4) is 0 Å². The van der Waals surface area contributed by atoms with Gasteiger partial charge < -0.3 is 10.1 Å². The molecule has 18 heavy (non-hydrogen) atoms.